The monoisotopic (exact) mass is 178 g/mol. The Balaban J connectivity index is 3.38. The summed E-state index contributed by atoms with van der Waals surface area (Å²) in [5.41, 5.74) is -0.160. The molecule has 0 atom stereocenters. The van der Waals surface area contributed by atoms with Gasteiger partial charge in [0.05, 0.1) is 18.9 Å². The average molecular weight is 178 g/mol. The fourth-order valence-electron chi connectivity index (χ4n) is 0.874. The molecule has 13 heavy (non-hydrogen) atoms. The van der Waals surface area contributed by atoms with Gasteiger partial charge in [-0.05, 0) is 0 Å². The van der Waals surface area contributed by atoms with Crippen molar-refractivity contribution in [1.82, 2.24) is 4.98 Å². The molecule has 0 aliphatic heterocycles. The normalized spacial score (nSPS) is 8.92. The van der Waals surface area contributed by atoms with Crippen LogP contribution in [0.25, 0.3) is 0 Å². The van der Waals surface area contributed by atoms with Crippen LogP contribution in [0.4, 0.5) is 0 Å². The van der Waals surface area contributed by atoms with Gasteiger partial charge in [-0.3, -0.25) is 4.98 Å². The number of carbonyl (C=O) groups is 1. The highest BCUT2D eigenvalue weighted by Gasteiger charge is 2.14. The second-order valence-electron chi connectivity index (χ2n) is 2.18. The summed E-state index contributed by atoms with van der Waals surface area (Å²) in [5, 5.41) is 17.3. The molecule has 0 unspecified atom stereocenters. The van der Waals surface area contributed by atoms with E-state index < -0.39 is 5.97 Å². The van der Waals surface area contributed by atoms with Gasteiger partial charge in [-0.1, -0.05) is 0 Å². The SMILES string of the molecule is COc1cncc(C(=O)O)c1C#N. The van der Waals surface area contributed by atoms with Crippen molar-refractivity contribution in [2.45, 2.75) is 0 Å². The first-order valence-corrected chi connectivity index (χ1v) is 3.36. The minimum Gasteiger partial charge on any atom is -0.494 e. The summed E-state index contributed by atoms with van der Waals surface area (Å²) >= 11 is 0. The number of rotatable bonds is 2. The second kappa shape index (κ2) is 3.54. The van der Waals surface area contributed by atoms with Crippen LogP contribution in [0.5, 0.6) is 5.75 Å². The number of nitriles is 1. The van der Waals surface area contributed by atoms with Crippen molar-refractivity contribution in [3.63, 3.8) is 0 Å². The number of hydrogen-bond acceptors (Lipinski definition) is 4. The molecule has 0 bridgehead atoms. The fourth-order valence-corrected chi connectivity index (χ4v) is 0.874. The lowest BCUT2D eigenvalue weighted by atomic mass is 10.1. The minimum atomic E-state index is -1.19. The van der Waals surface area contributed by atoms with Gasteiger partial charge in [0.25, 0.3) is 0 Å². The Kier molecular flexibility index (Phi) is 2.45. The summed E-state index contributed by atoms with van der Waals surface area (Å²) in [5.74, 6) is -1.02. The third-order valence-corrected chi connectivity index (χ3v) is 1.47. The minimum absolute atomic E-state index is 0.00926. The van der Waals surface area contributed by atoms with Gasteiger partial charge in [-0.15, -0.1) is 0 Å². The summed E-state index contributed by atoms with van der Waals surface area (Å²) in [7, 11) is 1.35. The third-order valence-electron chi connectivity index (χ3n) is 1.47. The molecule has 5 heteroatoms. The number of ether oxygens (including phenoxy) is 1. The van der Waals surface area contributed by atoms with Crippen LogP contribution in [0.3, 0.4) is 0 Å². The van der Waals surface area contributed by atoms with Crippen molar-refractivity contribution < 1.29 is 14.6 Å². The number of carboxylic acids is 1. The molecule has 66 valence electrons. The van der Waals surface area contributed by atoms with Gasteiger partial charge in [-0.25, -0.2) is 4.79 Å². The molecule has 1 rings (SSSR count). The molecule has 0 amide bonds. The van der Waals surface area contributed by atoms with Crippen LogP contribution >= 0.6 is 0 Å². The quantitative estimate of drug-likeness (QED) is 0.719. The molecule has 1 N–H and O–H groups in total. The molecule has 1 aromatic rings. The van der Waals surface area contributed by atoms with Crippen molar-refractivity contribution in [3.8, 4) is 11.8 Å². The number of aromatic nitrogens is 1. The number of nitrogens with zero attached hydrogens (tertiary/aromatic N) is 2. The second-order valence-corrected chi connectivity index (χ2v) is 2.18. The lowest BCUT2D eigenvalue weighted by Gasteiger charge is -2.02. The summed E-state index contributed by atoms with van der Waals surface area (Å²) in [6.07, 6.45) is 2.41. The Morgan fingerprint density at radius 2 is 2.38 bits per heavy atom. The maximum absolute atomic E-state index is 10.6. The maximum atomic E-state index is 10.6. The molecular weight excluding hydrogens is 172 g/mol. The molecule has 1 aromatic heterocycles. The molecule has 0 aliphatic carbocycles. The van der Waals surface area contributed by atoms with Gasteiger partial charge in [0.1, 0.15) is 11.6 Å². The van der Waals surface area contributed by atoms with Crippen molar-refractivity contribution in [1.29, 1.82) is 5.26 Å². The molecule has 0 spiro atoms. The zero-order valence-corrected chi connectivity index (χ0v) is 6.81. The third kappa shape index (κ3) is 1.56. The molecule has 0 radical (unpaired) electrons. The molecule has 0 saturated carbocycles. The standard InChI is InChI=1S/C8H6N2O3/c1-13-7-4-10-3-6(8(11)12)5(7)2-9/h3-4H,1H3,(H,11,12). The van der Waals surface area contributed by atoms with E-state index in [1.807, 2.05) is 0 Å². The van der Waals surface area contributed by atoms with Crippen LogP contribution in [0.15, 0.2) is 12.4 Å². The molecule has 1 heterocycles. The molecule has 0 saturated heterocycles. The summed E-state index contributed by atoms with van der Waals surface area (Å²) < 4.78 is 4.78. The van der Waals surface area contributed by atoms with Gasteiger partial charge in [-0.2, -0.15) is 5.26 Å². The summed E-state index contributed by atoms with van der Waals surface area (Å²) in [4.78, 5) is 14.2. The van der Waals surface area contributed by atoms with Crippen molar-refractivity contribution in [2.24, 2.45) is 0 Å². The fraction of sp³-hybridized carbons (Fsp3) is 0.125. The van der Waals surface area contributed by atoms with Gasteiger partial charge in [0.2, 0.25) is 0 Å². The topological polar surface area (TPSA) is 83.2 Å². The van der Waals surface area contributed by atoms with Crippen LogP contribution in [-0.4, -0.2) is 23.2 Å². The molecule has 0 aromatic carbocycles. The van der Waals surface area contributed by atoms with Crippen molar-refractivity contribution in [3.05, 3.63) is 23.5 Å². The number of methoxy groups -OCH3 is 1. The van der Waals surface area contributed by atoms with Crippen LogP contribution < -0.4 is 4.74 Å². The first-order chi connectivity index (χ1) is 6.20. The van der Waals surface area contributed by atoms with E-state index in [9.17, 15) is 4.79 Å². The Hall–Kier alpha value is -2.09. The first kappa shape index (κ1) is 9.00. The van der Waals surface area contributed by atoms with Crippen LogP contribution in [0, 0.1) is 11.3 Å². The van der Waals surface area contributed by atoms with Crippen LogP contribution in [0.2, 0.25) is 0 Å². The summed E-state index contributed by atoms with van der Waals surface area (Å²) in [6, 6.07) is 1.75. The van der Waals surface area contributed by atoms with Crippen molar-refractivity contribution in [2.75, 3.05) is 7.11 Å². The first-order valence-electron chi connectivity index (χ1n) is 3.36. The van der Waals surface area contributed by atoms with Crippen LogP contribution in [0.1, 0.15) is 15.9 Å². The van der Waals surface area contributed by atoms with Crippen LogP contribution in [-0.2, 0) is 0 Å². The van der Waals surface area contributed by atoms with Gasteiger partial charge in [0, 0.05) is 6.20 Å². The van der Waals surface area contributed by atoms with E-state index in [4.69, 9.17) is 15.1 Å². The predicted octanol–water partition coefficient (Wildman–Crippen LogP) is 0.660. The van der Waals surface area contributed by atoms with E-state index in [-0.39, 0.29) is 16.9 Å². The molecule has 5 nitrogen and oxygen atoms in total. The molecule has 0 aliphatic rings. The Morgan fingerprint density at radius 1 is 1.69 bits per heavy atom. The zero-order chi connectivity index (χ0) is 9.84. The summed E-state index contributed by atoms with van der Waals surface area (Å²) in [6.45, 7) is 0. The van der Waals surface area contributed by atoms with E-state index in [0.29, 0.717) is 0 Å². The highest BCUT2D eigenvalue weighted by molar-refractivity contribution is 5.91. The predicted molar refractivity (Wildman–Crippen MR) is 42.5 cm³/mol. The van der Waals surface area contributed by atoms with E-state index >= 15 is 0 Å². The van der Waals surface area contributed by atoms with E-state index in [1.165, 1.54) is 13.3 Å². The van der Waals surface area contributed by atoms with Gasteiger partial charge in [0.15, 0.2) is 5.75 Å². The van der Waals surface area contributed by atoms with E-state index in [1.54, 1.807) is 6.07 Å². The lowest BCUT2D eigenvalue weighted by Crippen LogP contribution is -2.03. The van der Waals surface area contributed by atoms with E-state index in [2.05, 4.69) is 4.98 Å². The largest absolute Gasteiger partial charge is 0.494 e. The molecular formula is C8H6N2O3. The van der Waals surface area contributed by atoms with E-state index in [0.717, 1.165) is 6.20 Å². The van der Waals surface area contributed by atoms with Gasteiger partial charge >= 0.3 is 5.97 Å². The van der Waals surface area contributed by atoms with Gasteiger partial charge < -0.3 is 9.84 Å². The highest BCUT2D eigenvalue weighted by atomic mass is 16.5. The Morgan fingerprint density at radius 3 is 2.85 bits per heavy atom. The smallest absolute Gasteiger partial charge is 0.338 e. The number of aromatic carboxylic acids is 1. The highest BCUT2D eigenvalue weighted by Crippen LogP contribution is 2.19. The number of carboxylic acid groups (broad SMARTS) is 1. The number of pyridine rings is 1. The lowest BCUT2D eigenvalue weighted by molar-refractivity contribution is 0.0695. The zero-order valence-electron chi connectivity index (χ0n) is 6.81. The maximum Gasteiger partial charge on any atom is 0.338 e. The average Bonchev–Trinajstić information content (AvgIpc) is 2.16. The Labute approximate surface area is 74.2 Å². The molecule has 0 fully saturated rings. The number of hydrogen-bond donors (Lipinski definition) is 1. The van der Waals surface area contributed by atoms with Crippen molar-refractivity contribution >= 4 is 5.97 Å². The Bertz CT molecular complexity index is 381.